The average Bonchev–Trinajstić information content (AvgIpc) is 3.07. The minimum Gasteiger partial charge on any atom is -0.457 e. The topological polar surface area (TPSA) is 111 Å². The molecule has 246 valence electrons. The van der Waals surface area contributed by atoms with E-state index in [2.05, 4.69) is 34.6 Å². The largest absolute Gasteiger partial charge is 0.457 e. The van der Waals surface area contributed by atoms with Crippen LogP contribution in [0.15, 0.2) is 48.5 Å². The van der Waals surface area contributed by atoms with Gasteiger partial charge in [-0.3, -0.25) is 14.4 Å². The number of carbonyl (C=O) groups excluding carboxylic acids is 3. The van der Waals surface area contributed by atoms with Gasteiger partial charge in [0, 0.05) is 38.8 Å². The van der Waals surface area contributed by atoms with Gasteiger partial charge in [-0.15, -0.1) is 12.4 Å². The smallest absolute Gasteiger partial charge is 0.251 e. The number of aliphatic hydroxyl groups is 1. The van der Waals surface area contributed by atoms with Crippen LogP contribution in [0, 0.1) is 5.92 Å². The van der Waals surface area contributed by atoms with Crippen molar-refractivity contribution < 1.29 is 24.2 Å². The zero-order valence-corrected chi connectivity index (χ0v) is 27.4. The SMILES string of the molecule is CCCCN1C(=O)[C@@H]([C@H](O)C2CCCCC2)NC(=O)C12CCN(CCc1ccc(Oc3ccc(C(=O)NC)cc3)cc1)CC2.Cl. The van der Waals surface area contributed by atoms with Crippen LogP contribution in [0.3, 0.4) is 0 Å². The number of aliphatic hydroxyl groups excluding tert-OH is 1. The van der Waals surface area contributed by atoms with Crippen LogP contribution in [0.1, 0.15) is 80.6 Å². The first-order chi connectivity index (χ1) is 21.3. The number of hydrogen-bond donors (Lipinski definition) is 3. The Morgan fingerprint density at radius 3 is 2.22 bits per heavy atom. The summed E-state index contributed by atoms with van der Waals surface area (Å²) >= 11 is 0. The molecule has 0 unspecified atom stereocenters. The van der Waals surface area contributed by atoms with Crippen molar-refractivity contribution in [1.82, 2.24) is 20.4 Å². The number of halogens is 1. The molecular weight excluding hydrogens is 592 g/mol. The van der Waals surface area contributed by atoms with Crippen LogP contribution < -0.4 is 15.4 Å². The molecule has 0 bridgehead atoms. The highest BCUT2D eigenvalue weighted by molar-refractivity contribution is 6.00. The molecule has 0 aromatic heterocycles. The standard InChI is InChI=1S/C35H48N4O5.ClH/c1-3-4-21-39-33(42)30(31(40)26-8-6-5-7-9-26)37-34(43)35(39)19-23-38(24-20-35)22-18-25-10-14-28(15-11-25)44-29-16-12-27(13-17-29)32(41)36-2;/h10-17,26,30-31,40H,3-9,18-24H2,1-2H3,(H,36,41)(H,37,43);1H/t30-,31-;/m1./s1. The lowest BCUT2D eigenvalue weighted by Crippen LogP contribution is -2.75. The van der Waals surface area contributed by atoms with Crippen LogP contribution in [0.25, 0.3) is 0 Å². The van der Waals surface area contributed by atoms with E-state index in [0.717, 1.165) is 70.3 Å². The number of piperazine rings is 1. The third kappa shape index (κ3) is 7.99. The monoisotopic (exact) mass is 640 g/mol. The minimum atomic E-state index is -0.833. The van der Waals surface area contributed by atoms with Gasteiger partial charge in [0.25, 0.3) is 5.91 Å². The molecule has 2 saturated heterocycles. The predicted octanol–water partition coefficient (Wildman–Crippen LogP) is 4.71. The first-order valence-electron chi connectivity index (χ1n) is 16.5. The third-order valence-electron chi connectivity index (χ3n) is 9.87. The Morgan fingerprint density at radius 2 is 1.62 bits per heavy atom. The lowest BCUT2D eigenvalue weighted by molar-refractivity contribution is -0.165. The molecular formula is C35H49ClN4O5. The van der Waals surface area contributed by atoms with E-state index < -0.39 is 17.7 Å². The number of likely N-dealkylation sites (tertiary alicyclic amines) is 1. The van der Waals surface area contributed by atoms with E-state index in [1.807, 2.05) is 17.0 Å². The van der Waals surface area contributed by atoms with Crippen molar-refractivity contribution in [3.63, 3.8) is 0 Å². The molecule has 2 aromatic carbocycles. The van der Waals surface area contributed by atoms with E-state index in [9.17, 15) is 19.5 Å². The number of rotatable bonds is 11. The maximum Gasteiger partial charge on any atom is 0.251 e. The molecule has 5 rings (SSSR count). The summed E-state index contributed by atoms with van der Waals surface area (Å²) in [5.41, 5.74) is 0.950. The Balaban J connectivity index is 0.00000461. The molecule has 9 nitrogen and oxygen atoms in total. The van der Waals surface area contributed by atoms with Crippen molar-refractivity contribution in [3.05, 3.63) is 59.7 Å². The molecule has 2 heterocycles. The highest BCUT2D eigenvalue weighted by atomic mass is 35.5. The Kier molecular flexibility index (Phi) is 12.3. The van der Waals surface area contributed by atoms with Crippen molar-refractivity contribution in [3.8, 4) is 11.5 Å². The van der Waals surface area contributed by atoms with Gasteiger partial charge in [0.2, 0.25) is 11.8 Å². The van der Waals surface area contributed by atoms with Crippen molar-refractivity contribution >= 4 is 30.1 Å². The van der Waals surface area contributed by atoms with E-state index in [-0.39, 0.29) is 36.0 Å². The summed E-state index contributed by atoms with van der Waals surface area (Å²) in [6.07, 6.45) is 8.20. The maximum atomic E-state index is 13.8. The molecule has 0 radical (unpaired) electrons. The molecule has 2 aliphatic heterocycles. The molecule has 2 atom stereocenters. The quantitative estimate of drug-likeness (QED) is 0.328. The van der Waals surface area contributed by atoms with Gasteiger partial charge in [0.1, 0.15) is 23.1 Å². The Bertz CT molecular complexity index is 1270. The number of hydrogen-bond acceptors (Lipinski definition) is 6. The van der Waals surface area contributed by atoms with Gasteiger partial charge in [-0.2, -0.15) is 0 Å². The lowest BCUT2D eigenvalue weighted by Gasteiger charge is -2.52. The summed E-state index contributed by atoms with van der Waals surface area (Å²) in [4.78, 5) is 43.5. The van der Waals surface area contributed by atoms with Crippen molar-refractivity contribution in [2.75, 3.05) is 33.2 Å². The van der Waals surface area contributed by atoms with Crippen LogP contribution >= 0.6 is 12.4 Å². The highest BCUT2D eigenvalue weighted by Gasteiger charge is 2.55. The normalized spacial score (nSPS) is 21.1. The van der Waals surface area contributed by atoms with Gasteiger partial charge >= 0.3 is 0 Å². The van der Waals surface area contributed by atoms with Gasteiger partial charge in [-0.1, -0.05) is 44.7 Å². The number of nitrogens with zero attached hydrogens (tertiary/aromatic N) is 2. The van der Waals surface area contributed by atoms with E-state index in [1.54, 1.807) is 31.3 Å². The van der Waals surface area contributed by atoms with E-state index >= 15 is 0 Å². The van der Waals surface area contributed by atoms with Crippen molar-refractivity contribution in [2.24, 2.45) is 5.92 Å². The Labute approximate surface area is 273 Å². The highest BCUT2D eigenvalue weighted by Crippen LogP contribution is 2.36. The summed E-state index contributed by atoms with van der Waals surface area (Å²) in [7, 11) is 1.61. The fraction of sp³-hybridized carbons (Fsp3) is 0.571. The maximum absolute atomic E-state index is 13.8. The van der Waals surface area contributed by atoms with Gasteiger partial charge in [0.15, 0.2) is 0 Å². The summed E-state index contributed by atoms with van der Waals surface area (Å²) < 4.78 is 5.95. The van der Waals surface area contributed by atoms with Gasteiger partial charge < -0.3 is 30.3 Å². The summed E-state index contributed by atoms with van der Waals surface area (Å²) in [5.74, 6) is 1.15. The van der Waals surface area contributed by atoms with Crippen molar-refractivity contribution in [2.45, 2.75) is 88.8 Å². The fourth-order valence-corrected chi connectivity index (χ4v) is 7.07. The number of carbonyl (C=O) groups is 3. The lowest BCUT2D eigenvalue weighted by atomic mass is 9.78. The summed E-state index contributed by atoms with van der Waals surface area (Å²) in [5, 5.41) is 16.8. The molecule has 1 spiro atoms. The van der Waals surface area contributed by atoms with Gasteiger partial charge in [-0.25, -0.2) is 0 Å². The Hall–Kier alpha value is -3.14. The molecule has 10 heteroatoms. The van der Waals surface area contributed by atoms with Crippen LogP contribution in [0.5, 0.6) is 11.5 Å². The summed E-state index contributed by atoms with van der Waals surface area (Å²) in [6.45, 7) is 5.01. The Morgan fingerprint density at radius 1 is 1.00 bits per heavy atom. The predicted molar refractivity (Wildman–Crippen MR) is 177 cm³/mol. The van der Waals surface area contributed by atoms with Crippen LogP contribution in [0.4, 0.5) is 0 Å². The van der Waals surface area contributed by atoms with E-state index in [0.29, 0.717) is 30.7 Å². The summed E-state index contributed by atoms with van der Waals surface area (Å²) in [6, 6.07) is 14.2. The second-order valence-electron chi connectivity index (χ2n) is 12.7. The average molecular weight is 641 g/mol. The zero-order chi connectivity index (χ0) is 31.1. The van der Waals surface area contributed by atoms with E-state index in [1.165, 1.54) is 12.0 Å². The second-order valence-corrected chi connectivity index (χ2v) is 12.7. The second kappa shape index (κ2) is 15.9. The zero-order valence-electron chi connectivity index (χ0n) is 26.6. The van der Waals surface area contributed by atoms with Crippen LogP contribution in [-0.4, -0.2) is 83.5 Å². The third-order valence-corrected chi connectivity index (χ3v) is 9.87. The molecule has 45 heavy (non-hydrogen) atoms. The van der Waals surface area contributed by atoms with Crippen LogP contribution in [-0.2, 0) is 16.0 Å². The number of nitrogens with one attached hydrogen (secondary N) is 2. The molecule has 3 aliphatic rings. The number of unbranched alkanes of at least 4 members (excludes halogenated alkanes) is 1. The molecule has 1 saturated carbocycles. The fourth-order valence-electron chi connectivity index (χ4n) is 7.07. The number of ether oxygens (including phenoxy) is 1. The molecule has 3 amide bonds. The minimum absolute atomic E-state index is 0. The number of piperidine rings is 1. The number of benzene rings is 2. The molecule has 3 fully saturated rings. The first kappa shape index (κ1) is 34.7. The van der Waals surface area contributed by atoms with Crippen molar-refractivity contribution in [1.29, 1.82) is 0 Å². The first-order valence-corrected chi connectivity index (χ1v) is 16.5. The molecule has 1 aliphatic carbocycles. The number of amides is 3. The van der Waals surface area contributed by atoms with E-state index in [4.69, 9.17) is 4.74 Å². The van der Waals surface area contributed by atoms with Gasteiger partial charge in [0.05, 0.1) is 6.10 Å². The van der Waals surface area contributed by atoms with Crippen LogP contribution in [0.2, 0.25) is 0 Å². The molecule has 2 aromatic rings. The molecule has 3 N–H and O–H groups in total. The van der Waals surface area contributed by atoms with Gasteiger partial charge in [-0.05, 0) is 86.4 Å².